The molecule has 7 nitrogen and oxygen atoms in total. The van der Waals surface area contributed by atoms with Gasteiger partial charge in [-0.15, -0.1) is 0 Å². The van der Waals surface area contributed by atoms with Crippen LogP contribution in [0.4, 0.5) is 5.69 Å². The fourth-order valence-corrected chi connectivity index (χ4v) is 4.62. The molecular weight excluding hydrogens is 440 g/mol. The number of anilines is 1. The van der Waals surface area contributed by atoms with Crippen LogP contribution in [0.2, 0.25) is 0 Å². The van der Waals surface area contributed by atoms with Crippen LogP contribution in [0.1, 0.15) is 30.0 Å². The molecule has 0 bridgehead atoms. The van der Waals surface area contributed by atoms with Crippen LogP contribution >= 0.6 is 15.9 Å². The molecule has 0 saturated carbocycles. The monoisotopic (exact) mass is 468 g/mol. The molecule has 1 aromatic rings. The highest BCUT2D eigenvalue weighted by atomic mass is 79.9. The average molecular weight is 469 g/mol. The molecule has 3 N–H and O–H groups in total. The van der Waals surface area contributed by atoms with Gasteiger partial charge in [0.15, 0.2) is 0 Å². The van der Waals surface area contributed by atoms with E-state index in [0.717, 1.165) is 39.0 Å². The number of carbonyl (C=O) groups is 2. The number of ether oxygens (including phenoxy) is 1. The second-order valence-corrected chi connectivity index (χ2v) is 7.98. The Morgan fingerprint density at radius 2 is 1.86 bits per heavy atom. The minimum atomic E-state index is -1.26. The maximum atomic E-state index is 9.55. The minimum absolute atomic E-state index is 0.267. The van der Waals surface area contributed by atoms with Crippen LogP contribution in [-0.4, -0.2) is 61.5 Å². The number of methoxy groups -OCH3 is 1. The summed E-state index contributed by atoms with van der Waals surface area (Å²) in [5.74, 6) is -2.51. The number of aliphatic carboxylic acids is 2. The number of fused-ring (bicyclic) bond motifs is 2. The molecule has 0 aliphatic carbocycles. The molecular formula is C21H29BrN2O5. The van der Waals surface area contributed by atoms with E-state index >= 15 is 0 Å². The molecule has 8 heteroatoms. The summed E-state index contributed by atoms with van der Waals surface area (Å²) in [5.41, 5.74) is 5.98. The van der Waals surface area contributed by atoms with Crippen molar-refractivity contribution in [3.05, 3.63) is 39.4 Å². The van der Waals surface area contributed by atoms with Gasteiger partial charge in [-0.1, -0.05) is 6.07 Å². The largest absolute Gasteiger partial charge is 0.478 e. The Hall–Kier alpha value is -1.90. The van der Waals surface area contributed by atoms with Crippen LogP contribution in [0, 0.1) is 0 Å². The van der Waals surface area contributed by atoms with E-state index in [9.17, 15) is 9.59 Å². The molecule has 0 fully saturated rings. The summed E-state index contributed by atoms with van der Waals surface area (Å²) in [6.45, 7) is 6.44. The van der Waals surface area contributed by atoms with E-state index in [1.54, 1.807) is 7.11 Å². The Balaban J connectivity index is 0.000000321. The van der Waals surface area contributed by atoms with E-state index in [4.69, 9.17) is 14.9 Å². The molecule has 1 atom stereocenters. The molecule has 0 aromatic heterocycles. The molecule has 0 amide bonds. The van der Waals surface area contributed by atoms with E-state index in [1.807, 2.05) is 0 Å². The highest BCUT2D eigenvalue weighted by molar-refractivity contribution is 9.10. The first-order chi connectivity index (χ1) is 13.8. The third-order valence-electron chi connectivity index (χ3n) is 5.07. The van der Waals surface area contributed by atoms with Gasteiger partial charge in [0.25, 0.3) is 0 Å². The molecule has 0 unspecified atom stereocenters. The maximum Gasteiger partial charge on any atom is 0.328 e. The zero-order valence-electron chi connectivity index (χ0n) is 16.9. The van der Waals surface area contributed by atoms with Crippen LogP contribution < -0.4 is 10.2 Å². The Kier molecular flexibility index (Phi) is 9.13. The smallest absolute Gasteiger partial charge is 0.328 e. The summed E-state index contributed by atoms with van der Waals surface area (Å²) in [7, 11) is 1.80. The van der Waals surface area contributed by atoms with E-state index in [2.05, 4.69) is 39.1 Å². The predicted octanol–water partition coefficient (Wildman–Crippen LogP) is 2.64. The molecule has 160 valence electrons. The minimum Gasteiger partial charge on any atom is -0.478 e. The van der Waals surface area contributed by atoms with E-state index in [0.29, 0.717) is 12.2 Å². The van der Waals surface area contributed by atoms with Gasteiger partial charge in [0.2, 0.25) is 0 Å². The van der Waals surface area contributed by atoms with Gasteiger partial charge >= 0.3 is 11.9 Å². The van der Waals surface area contributed by atoms with Crippen molar-refractivity contribution in [2.75, 3.05) is 38.2 Å². The summed E-state index contributed by atoms with van der Waals surface area (Å²) >= 11 is 3.93. The average Bonchev–Trinajstić information content (AvgIpc) is 2.92. The number of rotatable bonds is 5. The molecule has 3 rings (SSSR count). The summed E-state index contributed by atoms with van der Waals surface area (Å²) in [6, 6.07) is 2.46. The number of hydrogen-bond acceptors (Lipinski definition) is 5. The van der Waals surface area contributed by atoms with Crippen molar-refractivity contribution < 1.29 is 24.5 Å². The molecule has 2 aliphatic rings. The van der Waals surface area contributed by atoms with Gasteiger partial charge in [-0.05, 0) is 78.3 Å². The molecule has 29 heavy (non-hydrogen) atoms. The molecule has 2 aliphatic heterocycles. The van der Waals surface area contributed by atoms with E-state index in [-0.39, 0.29) is 6.10 Å². The standard InChI is InChI=1S/C17H25BrN2O.C4H4O4/c1-12(21-2)11-20-9-3-4-14-10-13-5-7-19-8-6-15(13)16(18)17(14)20;5-3(6)1-2-4(7)8/h10,12,19H,3-9,11H2,1-2H3;1-2H,(H,5,6)(H,7,8)/b;2-1+/t12-;/m0./s1. The predicted molar refractivity (Wildman–Crippen MR) is 116 cm³/mol. The third kappa shape index (κ3) is 6.83. The summed E-state index contributed by atoms with van der Waals surface area (Å²) in [5, 5.41) is 19.1. The number of nitrogens with one attached hydrogen (secondary N) is 1. The lowest BCUT2D eigenvalue weighted by Gasteiger charge is -2.35. The number of hydrogen-bond donors (Lipinski definition) is 3. The SMILES string of the molecule is CO[C@@H](C)CN1CCCc2cc3c(c(Br)c21)CCNCC3.O=C(O)/C=C/C(=O)O. The van der Waals surface area contributed by atoms with E-state index in [1.165, 1.54) is 39.7 Å². The van der Waals surface area contributed by atoms with Crippen LogP contribution in [0.25, 0.3) is 0 Å². The molecule has 0 saturated heterocycles. The van der Waals surface area contributed by atoms with Gasteiger partial charge in [-0.2, -0.15) is 0 Å². The number of carboxylic acids is 2. The number of aryl methyl sites for hydroxylation is 1. The Morgan fingerprint density at radius 3 is 2.48 bits per heavy atom. The summed E-state index contributed by atoms with van der Waals surface area (Å²) in [6.07, 6.45) is 6.10. The van der Waals surface area contributed by atoms with Crippen molar-refractivity contribution in [3.8, 4) is 0 Å². The highest BCUT2D eigenvalue weighted by Gasteiger charge is 2.25. The molecule has 0 radical (unpaired) electrons. The normalized spacial score (nSPS) is 16.9. The second-order valence-electron chi connectivity index (χ2n) is 7.19. The number of nitrogens with zero attached hydrogens (tertiary/aromatic N) is 1. The van der Waals surface area contributed by atoms with Gasteiger partial charge in [0.1, 0.15) is 0 Å². The topological polar surface area (TPSA) is 99.1 Å². The molecule has 0 spiro atoms. The zero-order chi connectivity index (χ0) is 21.4. The second kappa shape index (κ2) is 11.3. The summed E-state index contributed by atoms with van der Waals surface area (Å²) in [4.78, 5) is 21.6. The van der Waals surface area contributed by atoms with Crippen molar-refractivity contribution >= 4 is 33.6 Å². The quantitative estimate of drug-likeness (QED) is 0.571. The molecule has 2 heterocycles. The van der Waals surface area contributed by atoms with Crippen LogP contribution in [0.5, 0.6) is 0 Å². The zero-order valence-corrected chi connectivity index (χ0v) is 18.5. The van der Waals surface area contributed by atoms with Crippen molar-refractivity contribution in [3.63, 3.8) is 0 Å². The highest BCUT2D eigenvalue weighted by Crippen LogP contribution is 2.39. The van der Waals surface area contributed by atoms with Crippen LogP contribution in [0.15, 0.2) is 22.7 Å². The lowest BCUT2D eigenvalue weighted by molar-refractivity contribution is -0.134. The maximum absolute atomic E-state index is 9.55. The van der Waals surface area contributed by atoms with Crippen LogP contribution in [-0.2, 0) is 33.6 Å². The first kappa shape index (κ1) is 23.4. The number of benzene rings is 1. The lowest BCUT2D eigenvalue weighted by Crippen LogP contribution is -2.36. The van der Waals surface area contributed by atoms with Crippen LogP contribution in [0.3, 0.4) is 0 Å². The fourth-order valence-electron chi connectivity index (χ4n) is 3.66. The number of halogens is 1. The first-order valence-electron chi connectivity index (χ1n) is 9.79. The fraction of sp³-hybridized carbons (Fsp3) is 0.524. The van der Waals surface area contributed by atoms with Gasteiger partial charge in [-0.25, -0.2) is 9.59 Å². The van der Waals surface area contributed by atoms with Gasteiger partial charge in [0, 0.05) is 36.8 Å². The number of carboxylic acid groups (broad SMARTS) is 2. The van der Waals surface area contributed by atoms with Gasteiger partial charge in [0.05, 0.1) is 11.8 Å². The Bertz CT molecular complexity index is 750. The summed E-state index contributed by atoms with van der Waals surface area (Å²) < 4.78 is 6.81. The Morgan fingerprint density at radius 1 is 1.21 bits per heavy atom. The lowest BCUT2D eigenvalue weighted by atomic mass is 9.93. The van der Waals surface area contributed by atoms with Crippen molar-refractivity contribution in [1.29, 1.82) is 0 Å². The van der Waals surface area contributed by atoms with Crippen molar-refractivity contribution in [2.45, 2.75) is 38.7 Å². The van der Waals surface area contributed by atoms with Crippen molar-refractivity contribution in [2.24, 2.45) is 0 Å². The third-order valence-corrected chi connectivity index (χ3v) is 5.93. The van der Waals surface area contributed by atoms with Gasteiger partial charge in [-0.3, -0.25) is 0 Å². The van der Waals surface area contributed by atoms with E-state index < -0.39 is 11.9 Å². The van der Waals surface area contributed by atoms with Gasteiger partial charge < -0.3 is 25.2 Å². The Labute approximate surface area is 179 Å². The molecule has 1 aromatic carbocycles. The van der Waals surface area contributed by atoms with Crippen molar-refractivity contribution in [1.82, 2.24) is 5.32 Å². The first-order valence-corrected chi connectivity index (χ1v) is 10.6.